The molecular weight excluding hydrogens is 1050 g/mol. The second-order valence-corrected chi connectivity index (χ2v) is 21.8. The van der Waals surface area contributed by atoms with Crippen LogP contribution in [0.15, 0.2) is 237 Å². The maximum Gasteiger partial charge on any atom is 0.188 e. The molecule has 1 aliphatic carbocycles. The zero-order valence-corrected chi connectivity index (χ0v) is 44.9. The van der Waals surface area contributed by atoms with Gasteiger partial charge in [0.1, 0.15) is 0 Å². The van der Waals surface area contributed by atoms with Gasteiger partial charge in [-0.3, -0.25) is 14.9 Å². The molecule has 0 fully saturated rings. The van der Waals surface area contributed by atoms with E-state index in [1.807, 2.05) is 122 Å². The Hall–Kier alpha value is -12.2. The van der Waals surface area contributed by atoms with Crippen molar-refractivity contribution in [1.29, 1.82) is 10.5 Å². The van der Waals surface area contributed by atoms with Crippen molar-refractivity contribution in [2.24, 2.45) is 0 Å². The minimum atomic E-state index is -1.20. The van der Waals surface area contributed by atoms with Gasteiger partial charge in [-0.25, -0.2) is 4.85 Å². The second-order valence-electron chi connectivity index (χ2n) is 21.8. The van der Waals surface area contributed by atoms with E-state index in [-0.39, 0.29) is 0 Å². The highest BCUT2D eigenvalue weighted by Gasteiger charge is 2.54. The normalized spacial score (nSPS) is 14.3. The maximum absolute atomic E-state index is 10.3. The van der Waals surface area contributed by atoms with Crippen LogP contribution in [0.1, 0.15) is 33.4 Å². The van der Waals surface area contributed by atoms with Gasteiger partial charge in [-0.1, -0.05) is 109 Å². The first kappa shape index (κ1) is 46.5. The molecule has 18 rings (SSSR count). The first-order chi connectivity index (χ1) is 42.0. The van der Waals surface area contributed by atoms with E-state index < -0.39 is 5.41 Å². The highest BCUT2D eigenvalue weighted by atomic mass is 16.5. The largest absolute Gasteiger partial charge is 0.453 e. The SMILES string of the molecule is [C-]#[N+]c1ccc2c(c1)c1ccccc1n2-c1cnc2c(c1)C1(c3cc(-n4c5ccccc5c5cc(C#N)ccc54)cnc3-2)c2cccc(N3c4ccccc4Oc4ccccc43)c2Oc2c(-n3c4ccccc4c4cc(C#N)ccc43)cccc21. The lowest BCUT2D eigenvalue weighted by atomic mass is 9.66. The predicted octanol–water partition coefficient (Wildman–Crippen LogP) is 18.1. The summed E-state index contributed by atoms with van der Waals surface area (Å²) in [5.74, 6) is 2.66. The molecule has 0 bridgehead atoms. The summed E-state index contributed by atoms with van der Waals surface area (Å²) in [7, 11) is 0. The second kappa shape index (κ2) is 17.2. The summed E-state index contributed by atoms with van der Waals surface area (Å²) in [5, 5.41) is 26.4. The quantitative estimate of drug-likeness (QED) is 0.161. The van der Waals surface area contributed by atoms with Gasteiger partial charge in [0.25, 0.3) is 0 Å². The summed E-state index contributed by atoms with van der Waals surface area (Å²) in [4.78, 5) is 17.3. The van der Waals surface area contributed by atoms with E-state index in [1.165, 1.54) is 0 Å². The maximum atomic E-state index is 10.3. The fraction of sp³-hybridized carbons (Fsp3) is 0.0135. The van der Waals surface area contributed by atoms with Crippen LogP contribution in [-0.2, 0) is 5.41 Å². The van der Waals surface area contributed by atoms with Gasteiger partial charge in [-0.05, 0) is 121 Å². The van der Waals surface area contributed by atoms with Crippen molar-refractivity contribution in [2.75, 3.05) is 4.90 Å². The van der Waals surface area contributed by atoms with E-state index in [0.29, 0.717) is 39.8 Å². The fourth-order valence-corrected chi connectivity index (χ4v) is 14.2. The summed E-state index contributed by atoms with van der Waals surface area (Å²) in [5.41, 5.74) is 16.1. The number of para-hydroxylation sites is 9. The Balaban J connectivity index is 1.01. The Morgan fingerprint density at radius 2 is 0.824 bits per heavy atom. The highest BCUT2D eigenvalue weighted by Crippen LogP contribution is 2.66. The molecular formula is C74H39N9O2. The lowest BCUT2D eigenvalue weighted by Gasteiger charge is -2.42. The fourth-order valence-electron chi connectivity index (χ4n) is 14.2. The summed E-state index contributed by atoms with van der Waals surface area (Å²) < 4.78 is 21.4. The minimum Gasteiger partial charge on any atom is -0.453 e. The molecule has 0 saturated carbocycles. The van der Waals surface area contributed by atoms with Gasteiger partial charge in [-0.15, -0.1) is 0 Å². The molecule has 2 aliphatic heterocycles. The van der Waals surface area contributed by atoms with Crippen molar-refractivity contribution < 1.29 is 9.47 Å². The van der Waals surface area contributed by atoms with Crippen LogP contribution in [0, 0.1) is 29.2 Å². The third-order valence-electron chi connectivity index (χ3n) is 17.6. The van der Waals surface area contributed by atoms with E-state index in [9.17, 15) is 10.5 Å². The molecule has 1 spiro atoms. The molecule has 3 aliphatic rings. The summed E-state index contributed by atoms with van der Waals surface area (Å²) in [6.07, 6.45) is 3.90. The number of nitriles is 2. The zero-order valence-electron chi connectivity index (χ0n) is 44.9. The van der Waals surface area contributed by atoms with Crippen LogP contribution < -0.4 is 14.4 Å². The van der Waals surface area contributed by atoms with E-state index in [2.05, 4.69) is 151 Å². The molecule has 85 heavy (non-hydrogen) atoms. The van der Waals surface area contributed by atoms with Gasteiger partial charge in [0.15, 0.2) is 28.7 Å². The predicted molar refractivity (Wildman–Crippen MR) is 333 cm³/mol. The molecule has 5 aromatic heterocycles. The van der Waals surface area contributed by atoms with Crippen molar-refractivity contribution in [3.05, 3.63) is 282 Å². The molecule has 0 saturated heterocycles. The minimum absolute atomic E-state index is 0.564. The standard InChI is InChI=1S/C74H39N9O2/c1-77-45-30-33-62-53(36-45)50-16-3-6-20-59(50)81(62)47-38-57-71(79-42-47)70-56(37-46(41-78-70)80-58-19-5-2-14-48(58)51-34-43(39-75)28-31-61(51)80)74(57)54-17-12-24-66(82-60-21-7-4-15-49(60)52-35-44(40-76)29-32-63(52)82)72(54)85-73-55(74)18-13-25-67(73)83-64-22-8-10-26-68(64)84-69-27-11-9-23-65(69)83/h2-38,41-42H. The number of aromatic nitrogens is 5. The highest BCUT2D eigenvalue weighted by molar-refractivity contribution is 6.12. The molecule has 0 N–H and O–H groups in total. The molecule has 0 amide bonds. The zero-order chi connectivity index (χ0) is 56.2. The van der Waals surface area contributed by atoms with Crippen LogP contribution in [0.25, 0.3) is 98.7 Å². The third kappa shape index (κ3) is 6.18. The van der Waals surface area contributed by atoms with Gasteiger partial charge in [0.2, 0.25) is 0 Å². The molecule has 1 atom stereocenters. The van der Waals surface area contributed by atoms with Crippen LogP contribution in [0.5, 0.6) is 23.0 Å². The van der Waals surface area contributed by atoms with Crippen molar-refractivity contribution in [3.63, 3.8) is 0 Å². The lowest BCUT2D eigenvalue weighted by molar-refractivity contribution is 0.434. The van der Waals surface area contributed by atoms with Crippen molar-refractivity contribution in [3.8, 4) is 63.6 Å². The number of pyridine rings is 2. The molecule has 0 radical (unpaired) electrons. The molecule has 10 aromatic carbocycles. The van der Waals surface area contributed by atoms with Crippen LogP contribution in [0.3, 0.4) is 0 Å². The van der Waals surface area contributed by atoms with E-state index in [1.54, 1.807) is 0 Å². The van der Waals surface area contributed by atoms with Crippen molar-refractivity contribution in [1.82, 2.24) is 23.7 Å². The average Bonchev–Trinajstić information content (AvgIpc) is 1.64. The molecule has 1 unspecified atom stereocenters. The molecule has 392 valence electrons. The first-order valence-corrected chi connectivity index (χ1v) is 27.9. The molecule has 11 heteroatoms. The number of fused-ring (bicyclic) bond motifs is 20. The lowest BCUT2D eigenvalue weighted by Crippen LogP contribution is -2.33. The Morgan fingerprint density at radius 1 is 0.388 bits per heavy atom. The van der Waals surface area contributed by atoms with Gasteiger partial charge in [0.05, 0.1) is 126 Å². The van der Waals surface area contributed by atoms with Crippen LogP contribution >= 0.6 is 0 Å². The smallest absolute Gasteiger partial charge is 0.188 e. The Kier molecular flexibility index (Phi) is 9.39. The van der Waals surface area contributed by atoms with Crippen LogP contribution in [0.2, 0.25) is 0 Å². The van der Waals surface area contributed by atoms with Crippen molar-refractivity contribution in [2.45, 2.75) is 5.41 Å². The van der Waals surface area contributed by atoms with Gasteiger partial charge in [0, 0.05) is 49.2 Å². The molecule has 15 aromatic rings. The van der Waals surface area contributed by atoms with Crippen LogP contribution in [0.4, 0.5) is 22.7 Å². The number of anilines is 3. The number of benzene rings is 10. The van der Waals surface area contributed by atoms with Gasteiger partial charge >= 0.3 is 0 Å². The summed E-state index contributed by atoms with van der Waals surface area (Å²) in [6.45, 7) is 8.00. The number of nitrogens with zero attached hydrogens (tertiary/aromatic N) is 9. The summed E-state index contributed by atoms with van der Waals surface area (Å²) >= 11 is 0. The molecule has 11 nitrogen and oxygen atoms in total. The van der Waals surface area contributed by atoms with E-state index in [0.717, 1.165) is 133 Å². The molecule has 7 heterocycles. The number of rotatable bonds is 4. The van der Waals surface area contributed by atoms with E-state index >= 15 is 0 Å². The topological polar surface area (TPSA) is 114 Å². The Bertz CT molecular complexity index is 5420. The Labute approximate surface area is 484 Å². The Morgan fingerprint density at radius 3 is 1.36 bits per heavy atom. The number of hydrogen-bond acceptors (Lipinski definition) is 7. The monoisotopic (exact) mass is 1090 g/mol. The van der Waals surface area contributed by atoms with Crippen molar-refractivity contribution >= 4 is 88.2 Å². The average molecular weight is 1090 g/mol. The van der Waals surface area contributed by atoms with E-state index in [4.69, 9.17) is 26.0 Å². The van der Waals surface area contributed by atoms with Gasteiger partial charge in [-0.2, -0.15) is 10.5 Å². The number of ether oxygens (including phenoxy) is 2. The van der Waals surface area contributed by atoms with Gasteiger partial charge < -0.3 is 23.2 Å². The number of hydrogen-bond donors (Lipinski definition) is 0. The van der Waals surface area contributed by atoms with Crippen LogP contribution in [-0.4, -0.2) is 23.7 Å². The first-order valence-electron chi connectivity index (χ1n) is 27.9. The third-order valence-corrected chi connectivity index (χ3v) is 17.6. The summed E-state index contributed by atoms with van der Waals surface area (Å²) in [6, 6.07) is 81.2.